The van der Waals surface area contributed by atoms with Crippen LogP contribution in [0.3, 0.4) is 0 Å². The quantitative estimate of drug-likeness (QED) is 0.757. The highest BCUT2D eigenvalue weighted by Gasteiger charge is 2.44. The molecule has 30 heavy (non-hydrogen) atoms. The zero-order chi connectivity index (χ0) is 20.7. The summed E-state index contributed by atoms with van der Waals surface area (Å²) in [6.07, 6.45) is 4.05. The average Bonchev–Trinajstić information content (AvgIpc) is 2.75. The molecule has 0 radical (unpaired) electrons. The highest BCUT2D eigenvalue weighted by molar-refractivity contribution is 5.79. The van der Waals surface area contributed by atoms with Crippen LogP contribution in [0.5, 0.6) is 0 Å². The van der Waals surface area contributed by atoms with Crippen LogP contribution in [-0.2, 0) is 9.59 Å². The van der Waals surface area contributed by atoms with Gasteiger partial charge in [0.15, 0.2) is 0 Å². The minimum absolute atomic E-state index is 0.213. The fourth-order valence-electron chi connectivity index (χ4n) is 6.00. The van der Waals surface area contributed by atoms with Gasteiger partial charge in [0.05, 0.1) is 6.54 Å². The molecule has 0 spiro atoms. The molecule has 5 rings (SSSR count). The van der Waals surface area contributed by atoms with Crippen molar-refractivity contribution >= 4 is 17.5 Å². The molecule has 3 atom stereocenters. The Morgan fingerprint density at radius 2 is 1.80 bits per heavy atom. The van der Waals surface area contributed by atoms with Crippen LogP contribution in [0.2, 0.25) is 0 Å². The Labute approximate surface area is 177 Å². The second kappa shape index (κ2) is 8.17. The molecule has 0 aliphatic carbocycles. The van der Waals surface area contributed by atoms with Crippen molar-refractivity contribution in [3.63, 3.8) is 0 Å². The SMILES string of the molecule is O=C(CN1CC2CC(C1)[C@H]1CCCC(=O)N1C2)N1CCN(c2ccc(F)cc2)CC1. The van der Waals surface area contributed by atoms with Crippen LogP contribution in [0.1, 0.15) is 25.7 Å². The van der Waals surface area contributed by atoms with Crippen molar-refractivity contribution in [1.82, 2.24) is 14.7 Å². The van der Waals surface area contributed by atoms with E-state index in [1.54, 1.807) is 12.1 Å². The number of nitrogens with zero attached hydrogens (tertiary/aromatic N) is 4. The summed E-state index contributed by atoms with van der Waals surface area (Å²) in [5, 5.41) is 0. The number of anilines is 1. The van der Waals surface area contributed by atoms with E-state index in [1.807, 2.05) is 4.90 Å². The van der Waals surface area contributed by atoms with Gasteiger partial charge in [-0.05, 0) is 55.4 Å². The number of amides is 2. The third-order valence-corrected chi connectivity index (χ3v) is 7.44. The van der Waals surface area contributed by atoms with E-state index in [0.29, 0.717) is 49.8 Å². The van der Waals surface area contributed by atoms with Gasteiger partial charge in [0.25, 0.3) is 0 Å². The largest absolute Gasteiger partial charge is 0.368 e. The molecule has 7 heteroatoms. The first-order valence-electron chi connectivity index (χ1n) is 11.4. The summed E-state index contributed by atoms with van der Waals surface area (Å²) >= 11 is 0. The smallest absolute Gasteiger partial charge is 0.236 e. The lowest BCUT2D eigenvalue weighted by Crippen LogP contribution is -2.61. The van der Waals surface area contributed by atoms with E-state index >= 15 is 0 Å². The molecule has 0 aromatic heterocycles. The molecule has 4 heterocycles. The Balaban J connectivity index is 1.14. The first-order chi connectivity index (χ1) is 14.6. The highest BCUT2D eigenvalue weighted by atomic mass is 19.1. The average molecular weight is 415 g/mol. The van der Waals surface area contributed by atoms with Gasteiger partial charge in [0.1, 0.15) is 5.82 Å². The van der Waals surface area contributed by atoms with Crippen LogP contribution in [-0.4, -0.2) is 84.9 Å². The summed E-state index contributed by atoms with van der Waals surface area (Å²) in [4.78, 5) is 33.9. The predicted octanol–water partition coefficient (Wildman–Crippen LogP) is 1.81. The van der Waals surface area contributed by atoms with E-state index in [2.05, 4.69) is 14.7 Å². The molecule has 4 saturated heterocycles. The second-order valence-electron chi connectivity index (χ2n) is 9.41. The Morgan fingerprint density at radius 3 is 2.57 bits per heavy atom. The van der Waals surface area contributed by atoms with Crippen molar-refractivity contribution in [2.24, 2.45) is 11.8 Å². The minimum atomic E-state index is -0.223. The summed E-state index contributed by atoms with van der Waals surface area (Å²) in [5.41, 5.74) is 1.01. The number of hydrogen-bond acceptors (Lipinski definition) is 4. The van der Waals surface area contributed by atoms with Crippen molar-refractivity contribution in [3.8, 4) is 0 Å². The van der Waals surface area contributed by atoms with Crippen molar-refractivity contribution in [2.45, 2.75) is 31.7 Å². The molecule has 162 valence electrons. The monoisotopic (exact) mass is 414 g/mol. The molecule has 4 fully saturated rings. The van der Waals surface area contributed by atoms with Crippen molar-refractivity contribution < 1.29 is 14.0 Å². The standard InChI is InChI=1S/C23H31FN4O2/c24-19-4-6-20(7-5-19)26-8-10-27(11-9-26)23(30)16-25-13-17-12-18(15-25)21-2-1-3-22(29)28(21)14-17/h4-7,17-18,21H,1-3,8-16H2/t17?,18?,21-/m1/s1. The van der Waals surface area contributed by atoms with Crippen LogP contribution in [0.25, 0.3) is 0 Å². The normalized spacial score (nSPS) is 29.7. The minimum Gasteiger partial charge on any atom is -0.368 e. The van der Waals surface area contributed by atoms with Gasteiger partial charge < -0.3 is 14.7 Å². The summed E-state index contributed by atoms with van der Waals surface area (Å²) in [6.45, 7) is 6.21. The van der Waals surface area contributed by atoms with Crippen molar-refractivity contribution in [1.29, 1.82) is 0 Å². The Morgan fingerprint density at radius 1 is 1.03 bits per heavy atom. The van der Waals surface area contributed by atoms with E-state index in [1.165, 1.54) is 18.6 Å². The fourth-order valence-corrected chi connectivity index (χ4v) is 6.00. The molecule has 0 saturated carbocycles. The van der Waals surface area contributed by atoms with Gasteiger partial charge in [-0.1, -0.05) is 0 Å². The van der Waals surface area contributed by atoms with E-state index in [9.17, 15) is 14.0 Å². The molecule has 4 aliphatic rings. The lowest BCUT2D eigenvalue weighted by Gasteiger charge is -2.52. The van der Waals surface area contributed by atoms with Gasteiger partial charge in [0, 0.05) is 64.0 Å². The molecule has 2 bridgehead atoms. The zero-order valence-electron chi connectivity index (χ0n) is 17.5. The van der Waals surface area contributed by atoms with Crippen LogP contribution < -0.4 is 4.90 Å². The van der Waals surface area contributed by atoms with E-state index in [4.69, 9.17) is 0 Å². The summed E-state index contributed by atoms with van der Waals surface area (Å²) in [6, 6.07) is 6.97. The summed E-state index contributed by atoms with van der Waals surface area (Å²) in [5.74, 6) is 1.35. The maximum Gasteiger partial charge on any atom is 0.236 e. The number of piperidine rings is 3. The van der Waals surface area contributed by atoms with Crippen LogP contribution in [0, 0.1) is 17.7 Å². The molecular weight excluding hydrogens is 383 g/mol. The number of carbonyl (C=O) groups excluding carboxylic acids is 2. The topological polar surface area (TPSA) is 47.1 Å². The van der Waals surface area contributed by atoms with Crippen molar-refractivity contribution in [2.75, 3.05) is 57.3 Å². The number of fused-ring (bicyclic) bond motifs is 4. The Kier molecular flexibility index (Phi) is 5.39. The number of piperazine rings is 1. The van der Waals surface area contributed by atoms with Gasteiger partial charge in [-0.25, -0.2) is 4.39 Å². The number of likely N-dealkylation sites (tertiary alicyclic amines) is 1. The van der Waals surface area contributed by atoms with Gasteiger partial charge in [-0.2, -0.15) is 0 Å². The van der Waals surface area contributed by atoms with Crippen molar-refractivity contribution in [3.05, 3.63) is 30.1 Å². The third-order valence-electron chi connectivity index (χ3n) is 7.44. The van der Waals surface area contributed by atoms with Crippen LogP contribution in [0.4, 0.5) is 10.1 Å². The molecule has 1 aromatic carbocycles. The first-order valence-corrected chi connectivity index (χ1v) is 11.4. The highest BCUT2D eigenvalue weighted by Crippen LogP contribution is 2.37. The molecule has 6 nitrogen and oxygen atoms in total. The first kappa shape index (κ1) is 19.8. The molecule has 2 unspecified atom stereocenters. The van der Waals surface area contributed by atoms with E-state index < -0.39 is 0 Å². The Bertz CT molecular complexity index is 793. The maximum absolute atomic E-state index is 13.1. The van der Waals surface area contributed by atoms with Gasteiger partial charge in [0.2, 0.25) is 11.8 Å². The summed E-state index contributed by atoms with van der Waals surface area (Å²) in [7, 11) is 0. The predicted molar refractivity (Wildman–Crippen MR) is 113 cm³/mol. The van der Waals surface area contributed by atoms with Gasteiger partial charge in [-0.3, -0.25) is 14.5 Å². The third kappa shape index (κ3) is 3.92. The lowest BCUT2D eigenvalue weighted by atomic mass is 9.76. The molecular formula is C23H31FN4O2. The van der Waals surface area contributed by atoms with E-state index in [0.717, 1.165) is 51.3 Å². The van der Waals surface area contributed by atoms with Crippen LogP contribution in [0.15, 0.2) is 24.3 Å². The molecule has 4 aliphatic heterocycles. The molecule has 2 amide bonds. The van der Waals surface area contributed by atoms with E-state index in [-0.39, 0.29) is 11.7 Å². The van der Waals surface area contributed by atoms with Gasteiger partial charge >= 0.3 is 0 Å². The summed E-state index contributed by atoms with van der Waals surface area (Å²) < 4.78 is 13.1. The number of benzene rings is 1. The number of halogens is 1. The second-order valence-corrected chi connectivity index (χ2v) is 9.41. The van der Waals surface area contributed by atoms with Crippen LogP contribution >= 0.6 is 0 Å². The Hall–Kier alpha value is -2.15. The number of carbonyl (C=O) groups is 2. The lowest BCUT2D eigenvalue weighted by molar-refractivity contribution is -0.146. The molecule has 1 aromatic rings. The number of hydrogen-bond donors (Lipinski definition) is 0. The van der Waals surface area contributed by atoms with Gasteiger partial charge in [-0.15, -0.1) is 0 Å². The number of rotatable bonds is 3. The fraction of sp³-hybridized carbons (Fsp3) is 0.652. The maximum atomic E-state index is 13.1. The zero-order valence-corrected chi connectivity index (χ0v) is 17.5. The molecule has 0 N–H and O–H groups in total.